The van der Waals surface area contributed by atoms with Gasteiger partial charge in [-0.1, -0.05) is 0 Å². The molecule has 1 aromatic carbocycles. The van der Waals surface area contributed by atoms with Crippen LogP contribution in [0.5, 0.6) is 5.75 Å². The normalized spacial score (nSPS) is 11.2. The van der Waals surface area contributed by atoms with Crippen LogP contribution in [0.3, 0.4) is 0 Å². The molecule has 16 heavy (non-hydrogen) atoms. The molecule has 0 unspecified atom stereocenters. The van der Waals surface area contributed by atoms with Crippen molar-refractivity contribution in [3.63, 3.8) is 0 Å². The first-order chi connectivity index (χ1) is 7.36. The van der Waals surface area contributed by atoms with Crippen molar-refractivity contribution in [2.24, 2.45) is 0 Å². The predicted octanol–water partition coefficient (Wildman–Crippen LogP) is 2.41. The second-order valence-corrected chi connectivity index (χ2v) is 3.02. The van der Waals surface area contributed by atoms with Gasteiger partial charge in [0.15, 0.2) is 0 Å². The number of carbonyl (C=O) groups is 1. The van der Waals surface area contributed by atoms with Crippen molar-refractivity contribution in [3.05, 3.63) is 23.8 Å². The molecule has 0 saturated heterocycles. The van der Waals surface area contributed by atoms with Crippen LogP contribution in [0.2, 0.25) is 0 Å². The number of benzene rings is 1. The lowest BCUT2D eigenvalue weighted by Crippen LogP contribution is -2.23. The van der Waals surface area contributed by atoms with Crippen molar-refractivity contribution in [1.29, 1.82) is 0 Å². The Kier molecular flexibility index (Phi) is 3.41. The molecular formula is C10H10F3NO2. The minimum atomic E-state index is -4.93. The molecule has 0 heterocycles. The summed E-state index contributed by atoms with van der Waals surface area (Å²) in [5, 5.41) is 0. The summed E-state index contributed by atoms with van der Waals surface area (Å²) in [6, 6.07) is 3.58. The number of nitrogens with two attached hydrogens (primary N) is 1. The van der Waals surface area contributed by atoms with Gasteiger partial charge in [-0.2, -0.15) is 13.2 Å². The summed E-state index contributed by atoms with van der Waals surface area (Å²) >= 11 is 0. The van der Waals surface area contributed by atoms with Gasteiger partial charge in [0.25, 0.3) is 5.78 Å². The van der Waals surface area contributed by atoms with Crippen LogP contribution in [0, 0.1) is 0 Å². The maximum absolute atomic E-state index is 12.2. The summed E-state index contributed by atoms with van der Waals surface area (Å²) in [5.74, 6) is -2.07. The van der Waals surface area contributed by atoms with Gasteiger partial charge in [-0.05, 0) is 25.1 Å². The molecule has 0 atom stereocenters. The predicted molar refractivity (Wildman–Crippen MR) is 52.4 cm³/mol. The lowest BCUT2D eigenvalue weighted by atomic mass is 10.1. The van der Waals surface area contributed by atoms with Crippen LogP contribution in [0.15, 0.2) is 18.2 Å². The van der Waals surface area contributed by atoms with Gasteiger partial charge in [0.2, 0.25) is 0 Å². The summed E-state index contributed by atoms with van der Waals surface area (Å²) in [6.07, 6.45) is -4.93. The van der Waals surface area contributed by atoms with Crippen LogP contribution in [-0.4, -0.2) is 18.6 Å². The number of hydrogen-bond acceptors (Lipinski definition) is 3. The zero-order valence-corrected chi connectivity index (χ0v) is 8.47. The quantitative estimate of drug-likeness (QED) is 0.644. The molecule has 0 aliphatic rings. The maximum atomic E-state index is 12.2. The Morgan fingerprint density at radius 3 is 2.56 bits per heavy atom. The van der Waals surface area contributed by atoms with Crippen molar-refractivity contribution in [2.75, 3.05) is 12.3 Å². The van der Waals surface area contributed by atoms with E-state index in [-0.39, 0.29) is 18.0 Å². The number of anilines is 1. The first kappa shape index (κ1) is 12.4. The first-order valence-electron chi connectivity index (χ1n) is 4.50. The summed E-state index contributed by atoms with van der Waals surface area (Å²) in [7, 11) is 0. The lowest BCUT2D eigenvalue weighted by Gasteiger charge is -2.11. The molecule has 0 aliphatic heterocycles. The van der Waals surface area contributed by atoms with Crippen LogP contribution in [0.25, 0.3) is 0 Å². The number of ketones is 1. The van der Waals surface area contributed by atoms with Gasteiger partial charge < -0.3 is 10.5 Å². The van der Waals surface area contributed by atoms with E-state index < -0.39 is 17.5 Å². The molecule has 6 heteroatoms. The molecule has 88 valence electrons. The summed E-state index contributed by atoms with van der Waals surface area (Å²) in [6.45, 7) is 1.78. The van der Waals surface area contributed by atoms with Crippen LogP contribution in [0.4, 0.5) is 18.9 Å². The Morgan fingerprint density at radius 2 is 2.06 bits per heavy atom. The molecule has 0 fully saturated rings. The van der Waals surface area contributed by atoms with Crippen LogP contribution in [-0.2, 0) is 0 Å². The van der Waals surface area contributed by atoms with Gasteiger partial charge in [-0.15, -0.1) is 0 Å². The van der Waals surface area contributed by atoms with Crippen LogP contribution in [0.1, 0.15) is 17.3 Å². The Labute approximate surface area is 90.0 Å². The largest absolute Gasteiger partial charge is 0.493 e. The van der Waals surface area contributed by atoms with Crippen molar-refractivity contribution < 1.29 is 22.7 Å². The van der Waals surface area contributed by atoms with Gasteiger partial charge in [0.1, 0.15) is 5.75 Å². The highest BCUT2D eigenvalue weighted by Crippen LogP contribution is 2.29. The third kappa shape index (κ3) is 2.65. The van der Waals surface area contributed by atoms with E-state index in [9.17, 15) is 18.0 Å². The minimum absolute atomic E-state index is 0.0797. The average molecular weight is 233 g/mol. The van der Waals surface area contributed by atoms with Crippen molar-refractivity contribution in [1.82, 2.24) is 0 Å². The van der Waals surface area contributed by atoms with E-state index in [0.29, 0.717) is 0 Å². The molecule has 0 aliphatic carbocycles. The molecule has 0 bridgehead atoms. The molecule has 1 aromatic rings. The Bertz CT molecular complexity index is 402. The van der Waals surface area contributed by atoms with E-state index >= 15 is 0 Å². The molecule has 0 amide bonds. The Balaban J connectivity index is 3.19. The number of nitrogen functional groups attached to an aromatic ring is 1. The monoisotopic (exact) mass is 233 g/mol. The topological polar surface area (TPSA) is 52.3 Å². The standard InChI is InChI=1S/C10H10F3NO2/c1-2-16-8-4-3-6(14)5-7(8)9(15)10(11,12)13/h3-5H,2,14H2,1H3. The fourth-order valence-electron chi connectivity index (χ4n) is 1.16. The molecule has 0 spiro atoms. The smallest absolute Gasteiger partial charge is 0.455 e. The van der Waals surface area contributed by atoms with Crippen LogP contribution < -0.4 is 10.5 Å². The van der Waals surface area contributed by atoms with Crippen molar-refractivity contribution in [3.8, 4) is 5.75 Å². The Hall–Kier alpha value is -1.72. The molecule has 3 nitrogen and oxygen atoms in total. The summed E-state index contributed by atoms with van der Waals surface area (Å²) in [4.78, 5) is 11.1. The van der Waals surface area contributed by atoms with E-state index in [1.54, 1.807) is 6.92 Å². The van der Waals surface area contributed by atoms with Crippen molar-refractivity contribution >= 4 is 11.5 Å². The number of ether oxygens (including phenoxy) is 1. The zero-order valence-electron chi connectivity index (χ0n) is 8.47. The van der Waals surface area contributed by atoms with Gasteiger partial charge in [0.05, 0.1) is 12.2 Å². The molecule has 1 rings (SSSR count). The SMILES string of the molecule is CCOc1ccc(N)cc1C(=O)C(F)(F)F. The second kappa shape index (κ2) is 4.42. The molecule has 0 aromatic heterocycles. The fourth-order valence-corrected chi connectivity index (χ4v) is 1.16. The molecule has 0 saturated carbocycles. The zero-order chi connectivity index (χ0) is 12.3. The molecule has 2 N–H and O–H groups in total. The second-order valence-electron chi connectivity index (χ2n) is 3.02. The van der Waals surface area contributed by atoms with E-state index in [1.807, 2.05) is 0 Å². The number of carbonyl (C=O) groups excluding carboxylic acids is 1. The maximum Gasteiger partial charge on any atom is 0.455 e. The first-order valence-corrected chi connectivity index (χ1v) is 4.50. The van der Waals surface area contributed by atoms with Crippen molar-refractivity contribution in [2.45, 2.75) is 13.1 Å². The number of halogens is 3. The average Bonchev–Trinajstić information content (AvgIpc) is 2.18. The van der Waals surface area contributed by atoms with E-state index in [2.05, 4.69) is 0 Å². The van der Waals surface area contributed by atoms with E-state index in [0.717, 1.165) is 6.07 Å². The highest BCUT2D eigenvalue weighted by molar-refractivity contribution is 6.03. The third-order valence-corrected chi connectivity index (χ3v) is 1.81. The number of alkyl halides is 3. The third-order valence-electron chi connectivity index (χ3n) is 1.81. The van der Waals surface area contributed by atoms with Gasteiger partial charge in [-0.3, -0.25) is 4.79 Å². The van der Waals surface area contributed by atoms with Gasteiger partial charge >= 0.3 is 6.18 Å². The van der Waals surface area contributed by atoms with E-state index in [4.69, 9.17) is 10.5 Å². The molecule has 0 radical (unpaired) electrons. The Morgan fingerprint density at radius 1 is 1.44 bits per heavy atom. The van der Waals surface area contributed by atoms with Gasteiger partial charge in [0, 0.05) is 5.69 Å². The number of hydrogen-bond donors (Lipinski definition) is 1. The minimum Gasteiger partial charge on any atom is -0.493 e. The summed E-state index contributed by atoms with van der Waals surface area (Å²) < 4.78 is 41.7. The highest BCUT2D eigenvalue weighted by Gasteiger charge is 2.40. The number of Topliss-reactive ketones (excluding diaryl/α,β-unsaturated/α-hetero) is 1. The number of rotatable bonds is 3. The summed E-state index contributed by atoms with van der Waals surface area (Å²) in [5.41, 5.74) is 4.85. The lowest BCUT2D eigenvalue weighted by molar-refractivity contribution is -0.0886. The molecular weight excluding hydrogens is 223 g/mol. The fraction of sp³-hybridized carbons (Fsp3) is 0.300. The van der Waals surface area contributed by atoms with Crippen LogP contribution >= 0.6 is 0 Å². The van der Waals surface area contributed by atoms with E-state index in [1.165, 1.54) is 12.1 Å². The van der Waals surface area contributed by atoms with Gasteiger partial charge in [-0.25, -0.2) is 0 Å². The highest BCUT2D eigenvalue weighted by atomic mass is 19.4.